The lowest BCUT2D eigenvalue weighted by Gasteiger charge is -2.37. The molecule has 3 aliphatic heterocycles. The highest BCUT2D eigenvalue weighted by Crippen LogP contribution is 2.34. The lowest BCUT2D eigenvalue weighted by molar-refractivity contribution is -0.132. The Labute approximate surface area is 196 Å². The van der Waals surface area contributed by atoms with Crippen molar-refractivity contribution in [2.24, 2.45) is 5.92 Å². The summed E-state index contributed by atoms with van der Waals surface area (Å²) in [5.74, 6) is 2.93. The second kappa shape index (κ2) is 11.0. The highest BCUT2D eigenvalue weighted by molar-refractivity contribution is 5.76. The molecule has 4 heterocycles. The maximum atomic E-state index is 12.3. The van der Waals surface area contributed by atoms with Crippen LogP contribution in [0.3, 0.4) is 0 Å². The normalized spacial score (nSPS) is 28.2. The van der Waals surface area contributed by atoms with E-state index in [4.69, 9.17) is 14.2 Å². The zero-order chi connectivity index (χ0) is 22.5. The number of carbonyl (C=O) groups excluding carboxylic acids is 1. The minimum atomic E-state index is -0.0818. The van der Waals surface area contributed by atoms with Gasteiger partial charge < -0.3 is 24.4 Å². The highest BCUT2D eigenvalue weighted by atomic mass is 16.6. The van der Waals surface area contributed by atoms with E-state index in [0.717, 1.165) is 69.5 Å². The van der Waals surface area contributed by atoms with E-state index in [1.165, 1.54) is 31.4 Å². The van der Waals surface area contributed by atoms with E-state index < -0.39 is 0 Å². The van der Waals surface area contributed by atoms with Gasteiger partial charge in [-0.2, -0.15) is 0 Å². The fraction of sp³-hybridized carbons (Fsp3) is 0.760. The van der Waals surface area contributed by atoms with Gasteiger partial charge in [-0.15, -0.1) is 0 Å². The number of anilines is 1. The summed E-state index contributed by atoms with van der Waals surface area (Å²) in [5.41, 5.74) is 1.30. The Bertz CT molecular complexity index is 785. The maximum Gasteiger partial charge on any atom is 0.222 e. The summed E-state index contributed by atoms with van der Waals surface area (Å²) in [6.45, 7) is 7.92. The van der Waals surface area contributed by atoms with Crippen LogP contribution >= 0.6 is 0 Å². The van der Waals surface area contributed by atoms with E-state index in [9.17, 15) is 4.79 Å². The number of amides is 1. The number of aromatic nitrogens is 1. The monoisotopic (exact) mass is 458 g/mol. The van der Waals surface area contributed by atoms with Gasteiger partial charge in [0, 0.05) is 50.4 Å². The lowest BCUT2D eigenvalue weighted by Crippen LogP contribution is -2.47. The van der Waals surface area contributed by atoms with Crippen LogP contribution in [0.25, 0.3) is 0 Å². The van der Waals surface area contributed by atoms with Crippen LogP contribution in [0.2, 0.25) is 0 Å². The van der Waals surface area contributed by atoms with Crippen LogP contribution in [0.5, 0.6) is 5.75 Å². The zero-order valence-electron chi connectivity index (χ0n) is 19.7. The first-order valence-electron chi connectivity index (χ1n) is 12.8. The van der Waals surface area contributed by atoms with Gasteiger partial charge in [0.1, 0.15) is 0 Å². The summed E-state index contributed by atoms with van der Waals surface area (Å²) < 4.78 is 16.8. The first kappa shape index (κ1) is 22.9. The average Bonchev–Trinajstić information content (AvgIpc) is 3.34. The third-order valence-corrected chi connectivity index (χ3v) is 7.62. The summed E-state index contributed by atoms with van der Waals surface area (Å²) in [5, 5.41) is 3.22. The van der Waals surface area contributed by atoms with E-state index in [0.29, 0.717) is 32.3 Å². The Morgan fingerprint density at radius 1 is 1.09 bits per heavy atom. The molecule has 0 spiro atoms. The summed E-state index contributed by atoms with van der Waals surface area (Å²) in [4.78, 5) is 21.9. The molecule has 8 heteroatoms. The number of fused-ring (bicyclic) bond motifs is 1. The van der Waals surface area contributed by atoms with Crippen LogP contribution in [-0.2, 0) is 20.7 Å². The zero-order valence-corrected chi connectivity index (χ0v) is 19.7. The molecule has 33 heavy (non-hydrogen) atoms. The summed E-state index contributed by atoms with van der Waals surface area (Å²) in [7, 11) is 0. The predicted octanol–water partition coefficient (Wildman–Crippen LogP) is 2.01. The largest absolute Gasteiger partial charge is 0.489 e. The number of hydrogen-bond acceptors (Lipinski definition) is 7. The Balaban J connectivity index is 0.980. The van der Waals surface area contributed by atoms with Gasteiger partial charge in [-0.05, 0) is 50.6 Å². The van der Waals surface area contributed by atoms with E-state index in [2.05, 4.69) is 26.2 Å². The Morgan fingerprint density at radius 3 is 2.73 bits per heavy atom. The number of nitrogens with zero attached hydrogens (tertiary/aromatic N) is 3. The molecule has 2 saturated heterocycles. The molecule has 1 amide bonds. The van der Waals surface area contributed by atoms with Crippen LogP contribution in [0.4, 0.5) is 5.82 Å². The smallest absolute Gasteiger partial charge is 0.222 e. The second-order valence-electron chi connectivity index (χ2n) is 9.90. The van der Waals surface area contributed by atoms with Crippen molar-refractivity contribution in [1.82, 2.24) is 15.2 Å². The maximum absolute atomic E-state index is 12.3. The molecular weight excluding hydrogens is 420 g/mol. The lowest BCUT2D eigenvalue weighted by atomic mass is 9.84. The van der Waals surface area contributed by atoms with Gasteiger partial charge in [-0.25, -0.2) is 4.98 Å². The number of nitrogens with one attached hydrogen (secondary N) is 1. The molecule has 8 nitrogen and oxygen atoms in total. The van der Waals surface area contributed by atoms with Gasteiger partial charge >= 0.3 is 0 Å². The second-order valence-corrected chi connectivity index (χ2v) is 9.90. The molecule has 1 aromatic rings. The number of hydrogen-bond donors (Lipinski definition) is 1. The molecule has 1 saturated carbocycles. The van der Waals surface area contributed by atoms with Gasteiger partial charge in [-0.1, -0.05) is 0 Å². The van der Waals surface area contributed by atoms with Crippen molar-refractivity contribution in [3.63, 3.8) is 0 Å². The van der Waals surface area contributed by atoms with E-state index in [-0.39, 0.29) is 12.0 Å². The van der Waals surface area contributed by atoms with Crippen molar-refractivity contribution in [3.05, 3.63) is 17.8 Å². The van der Waals surface area contributed by atoms with Crippen LogP contribution in [0.1, 0.15) is 44.1 Å². The van der Waals surface area contributed by atoms with Gasteiger partial charge in [0.15, 0.2) is 11.6 Å². The molecule has 1 atom stereocenters. The molecule has 1 aromatic heterocycles. The Morgan fingerprint density at radius 2 is 1.94 bits per heavy atom. The van der Waals surface area contributed by atoms with Gasteiger partial charge in [-0.3, -0.25) is 9.69 Å². The molecule has 3 fully saturated rings. The standard InChI is InChI=1S/C25H38N4O4/c30-23(17-22-18-31-15-16-32-22)27-21-3-1-19(2-4-21)6-9-28-10-12-29(13-11-28)25-24-20(5-8-26-25)7-14-33-24/h5,8,19,21-22H,1-4,6-7,9-18H2,(H,27,30)/t19?,21?,22-/m1/s1. The highest BCUT2D eigenvalue weighted by Gasteiger charge is 2.27. The Hall–Kier alpha value is -1.90. The molecule has 1 N–H and O–H groups in total. The van der Waals surface area contributed by atoms with Crippen molar-refractivity contribution in [2.45, 2.75) is 57.1 Å². The summed E-state index contributed by atoms with van der Waals surface area (Å²) in [6, 6.07) is 2.41. The van der Waals surface area contributed by atoms with Gasteiger partial charge in [0.05, 0.1) is 39.0 Å². The quantitative estimate of drug-likeness (QED) is 0.670. The molecule has 0 bridgehead atoms. The molecule has 0 radical (unpaired) electrons. The number of piperazine rings is 1. The van der Waals surface area contributed by atoms with Gasteiger partial charge in [0.2, 0.25) is 5.91 Å². The van der Waals surface area contributed by atoms with Crippen LogP contribution in [0, 0.1) is 5.92 Å². The fourth-order valence-electron chi connectivity index (χ4n) is 5.61. The third kappa shape index (κ3) is 5.97. The number of pyridine rings is 1. The minimum absolute atomic E-state index is 0.0818. The fourth-order valence-corrected chi connectivity index (χ4v) is 5.61. The number of rotatable bonds is 7. The molecule has 0 unspecified atom stereocenters. The molecule has 0 aromatic carbocycles. The first-order chi connectivity index (χ1) is 16.2. The minimum Gasteiger partial charge on any atom is -0.489 e. The van der Waals surface area contributed by atoms with Crippen molar-refractivity contribution in [3.8, 4) is 5.75 Å². The Kier molecular flexibility index (Phi) is 7.64. The van der Waals surface area contributed by atoms with E-state index >= 15 is 0 Å². The SMILES string of the molecule is O=C(C[C@@H]1COCCO1)NC1CCC(CCN2CCN(c3nccc4c3OCC4)CC2)CC1. The average molecular weight is 459 g/mol. The molecule has 5 rings (SSSR count). The van der Waals surface area contributed by atoms with Gasteiger partial charge in [0.25, 0.3) is 0 Å². The number of ether oxygens (including phenoxy) is 3. The van der Waals surface area contributed by atoms with Crippen molar-refractivity contribution in [2.75, 3.05) is 64.1 Å². The van der Waals surface area contributed by atoms with Crippen LogP contribution in [-0.4, -0.2) is 87.1 Å². The molecule has 182 valence electrons. The predicted molar refractivity (Wildman–Crippen MR) is 126 cm³/mol. The van der Waals surface area contributed by atoms with E-state index in [1.807, 2.05) is 6.20 Å². The van der Waals surface area contributed by atoms with Crippen molar-refractivity contribution < 1.29 is 19.0 Å². The topological polar surface area (TPSA) is 76.2 Å². The summed E-state index contributed by atoms with van der Waals surface area (Å²) >= 11 is 0. The molecular formula is C25H38N4O4. The molecule has 1 aliphatic carbocycles. The van der Waals surface area contributed by atoms with Crippen LogP contribution < -0.4 is 15.0 Å². The van der Waals surface area contributed by atoms with Crippen LogP contribution in [0.15, 0.2) is 12.3 Å². The third-order valence-electron chi connectivity index (χ3n) is 7.62. The molecule has 4 aliphatic rings. The van der Waals surface area contributed by atoms with Crippen molar-refractivity contribution >= 4 is 11.7 Å². The summed E-state index contributed by atoms with van der Waals surface area (Å²) in [6.07, 6.45) is 9.13. The number of carbonyl (C=O) groups is 1. The van der Waals surface area contributed by atoms with E-state index in [1.54, 1.807) is 0 Å². The van der Waals surface area contributed by atoms with Crippen molar-refractivity contribution in [1.29, 1.82) is 0 Å². The first-order valence-corrected chi connectivity index (χ1v) is 12.8.